The normalized spacial score (nSPS) is 10.7. The Labute approximate surface area is 161 Å². The summed E-state index contributed by atoms with van der Waals surface area (Å²) in [5.74, 6) is -0.131. The number of hydrogen-bond acceptors (Lipinski definition) is 6. The first-order chi connectivity index (χ1) is 12.3. The molecule has 0 aliphatic rings. The Bertz CT molecular complexity index is 738. The Morgan fingerprint density at radius 1 is 1.23 bits per heavy atom. The van der Waals surface area contributed by atoms with Crippen molar-refractivity contribution in [3.63, 3.8) is 0 Å². The van der Waals surface area contributed by atoms with Gasteiger partial charge < -0.3 is 19.1 Å². The maximum atomic E-state index is 11.8. The van der Waals surface area contributed by atoms with Gasteiger partial charge in [0.1, 0.15) is 11.6 Å². The van der Waals surface area contributed by atoms with E-state index < -0.39 is 5.97 Å². The summed E-state index contributed by atoms with van der Waals surface area (Å²) in [5, 5.41) is 9.15. The molecular formula is C18H21BrN2O5. The van der Waals surface area contributed by atoms with Crippen LogP contribution in [-0.4, -0.2) is 50.7 Å². The van der Waals surface area contributed by atoms with Crippen molar-refractivity contribution in [2.75, 3.05) is 33.9 Å². The molecule has 0 N–H and O–H groups in total. The number of nitrogens with zero attached hydrogens (tertiary/aromatic N) is 2. The van der Waals surface area contributed by atoms with Gasteiger partial charge in [0.15, 0.2) is 18.1 Å². The fourth-order valence-electron chi connectivity index (χ4n) is 1.85. The largest absolute Gasteiger partial charge is 0.490 e. The Hall–Kier alpha value is -2.53. The molecule has 140 valence electrons. The lowest BCUT2D eigenvalue weighted by Gasteiger charge is -2.16. The minimum absolute atomic E-state index is 0.127. The molecule has 0 radical (unpaired) electrons. The first-order valence-corrected chi connectivity index (χ1v) is 8.71. The van der Waals surface area contributed by atoms with Gasteiger partial charge in [-0.05, 0) is 53.5 Å². The van der Waals surface area contributed by atoms with E-state index in [0.717, 1.165) is 0 Å². The van der Waals surface area contributed by atoms with Crippen LogP contribution in [0.2, 0.25) is 0 Å². The molecule has 26 heavy (non-hydrogen) atoms. The van der Waals surface area contributed by atoms with Crippen LogP contribution in [-0.2, 0) is 14.3 Å². The quantitative estimate of drug-likeness (QED) is 0.362. The summed E-state index contributed by atoms with van der Waals surface area (Å²) in [7, 11) is 3.27. The number of hydrogen-bond donors (Lipinski definition) is 0. The van der Waals surface area contributed by atoms with Crippen molar-refractivity contribution < 1.29 is 23.8 Å². The van der Waals surface area contributed by atoms with Crippen LogP contribution < -0.4 is 9.47 Å². The third kappa shape index (κ3) is 6.08. The molecule has 0 atom stereocenters. The summed E-state index contributed by atoms with van der Waals surface area (Å²) in [4.78, 5) is 24.9. The summed E-state index contributed by atoms with van der Waals surface area (Å²) < 4.78 is 16.5. The van der Waals surface area contributed by atoms with E-state index >= 15 is 0 Å². The van der Waals surface area contributed by atoms with E-state index in [9.17, 15) is 9.59 Å². The summed E-state index contributed by atoms with van der Waals surface area (Å²) in [5.41, 5.74) is 0.425. The minimum Gasteiger partial charge on any atom is -0.490 e. The number of esters is 1. The summed E-state index contributed by atoms with van der Waals surface area (Å²) in [6.45, 7) is 3.88. The zero-order chi connectivity index (χ0) is 19.7. The summed E-state index contributed by atoms with van der Waals surface area (Å²) in [6, 6.07) is 5.11. The van der Waals surface area contributed by atoms with E-state index in [0.29, 0.717) is 28.1 Å². The fourth-order valence-corrected chi connectivity index (χ4v) is 2.42. The van der Waals surface area contributed by atoms with Crippen molar-refractivity contribution in [1.29, 1.82) is 5.26 Å². The van der Waals surface area contributed by atoms with Crippen LogP contribution in [0.4, 0.5) is 0 Å². The lowest BCUT2D eigenvalue weighted by molar-refractivity contribution is -0.138. The van der Waals surface area contributed by atoms with E-state index in [4.69, 9.17) is 19.5 Å². The van der Waals surface area contributed by atoms with Crippen molar-refractivity contribution in [2.45, 2.75) is 13.8 Å². The zero-order valence-corrected chi connectivity index (χ0v) is 16.8. The molecule has 1 aromatic rings. The monoisotopic (exact) mass is 424 g/mol. The standard InChI is InChI=1S/C18H21BrN2O5/c1-5-24-15-9-12(7-13(10-20)18(23)25-6-2)8-14(19)17(15)26-11-16(22)21(3)4/h7-9H,5-6,11H2,1-4H3. The molecule has 8 heteroatoms. The van der Waals surface area contributed by atoms with Gasteiger partial charge in [-0.2, -0.15) is 5.26 Å². The molecule has 0 fully saturated rings. The third-order valence-corrected chi connectivity index (χ3v) is 3.69. The predicted molar refractivity (Wildman–Crippen MR) is 99.7 cm³/mol. The van der Waals surface area contributed by atoms with Crippen LogP contribution in [0, 0.1) is 11.3 Å². The second-order valence-corrected chi connectivity index (χ2v) is 6.08. The number of amides is 1. The van der Waals surface area contributed by atoms with E-state index in [1.165, 1.54) is 11.0 Å². The number of carbonyl (C=O) groups excluding carboxylic acids is 2. The van der Waals surface area contributed by atoms with E-state index in [1.54, 1.807) is 33.2 Å². The zero-order valence-electron chi connectivity index (χ0n) is 15.2. The van der Waals surface area contributed by atoms with Crippen molar-refractivity contribution in [3.8, 4) is 17.6 Å². The lowest BCUT2D eigenvalue weighted by Crippen LogP contribution is -2.27. The molecule has 0 saturated heterocycles. The van der Waals surface area contributed by atoms with Gasteiger partial charge >= 0.3 is 5.97 Å². The van der Waals surface area contributed by atoms with E-state index in [-0.39, 0.29) is 24.7 Å². The fraction of sp³-hybridized carbons (Fsp3) is 0.389. The van der Waals surface area contributed by atoms with Crippen LogP contribution in [0.1, 0.15) is 19.4 Å². The highest BCUT2D eigenvalue weighted by Crippen LogP contribution is 2.37. The second kappa shape index (κ2) is 10.5. The Morgan fingerprint density at radius 3 is 2.46 bits per heavy atom. The number of rotatable bonds is 8. The average molecular weight is 425 g/mol. The van der Waals surface area contributed by atoms with Gasteiger partial charge in [0.25, 0.3) is 5.91 Å². The van der Waals surface area contributed by atoms with Gasteiger partial charge in [0, 0.05) is 14.1 Å². The van der Waals surface area contributed by atoms with Gasteiger partial charge in [-0.15, -0.1) is 0 Å². The van der Waals surface area contributed by atoms with Crippen molar-refractivity contribution in [1.82, 2.24) is 4.90 Å². The minimum atomic E-state index is -0.694. The smallest absolute Gasteiger partial charge is 0.348 e. The first-order valence-electron chi connectivity index (χ1n) is 7.92. The van der Waals surface area contributed by atoms with Crippen molar-refractivity contribution >= 4 is 33.9 Å². The maximum Gasteiger partial charge on any atom is 0.348 e. The molecular weight excluding hydrogens is 404 g/mol. The topological polar surface area (TPSA) is 88.9 Å². The number of ether oxygens (including phenoxy) is 3. The van der Waals surface area contributed by atoms with Gasteiger partial charge in [0.05, 0.1) is 17.7 Å². The highest BCUT2D eigenvalue weighted by molar-refractivity contribution is 9.10. The van der Waals surface area contributed by atoms with Gasteiger partial charge in [-0.3, -0.25) is 4.79 Å². The number of nitriles is 1. The predicted octanol–water partition coefficient (Wildman–Crippen LogP) is 2.78. The molecule has 0 heterocycles. The molecule has 0 unspecified atom stereocenters. The van der Waals surface area contributed by atoms with Crippen LogP contribution in [0.25, 0.3) is 6.08 Å². The SMILES string of the molecule is CCOC(=O)C(C#N)=Cc1cc(Br)c(OCC(=O)N(C)C)c(OCC)c1. The van der Waals surface area contributed by atoms with Gasteiger partial charge in [-0.25, -0.2) is 4.79 Å². The van der Waals surface area contributed by atoms with Gasteiger partial charge in [0.2, 0.25) is 0 Å². The van der Waals surface area contributed by atoms with Crippen LogP contribution >= 0.6 is 15.9 Å². The number of benzene rings is 1. The molecule has 0 aromatic heterocycles. The van der Waals surface area contributed by atoms with Gasteiger partial charge in [-0.1, -0.05) is 0 Å². The molecule has 0 saturated carbocycles. The molecule has 7 nitrogen and oxygen atoms in total. The molecule has 0 aliphatic carbocycles. The Kier molecular flexibility index (Phi) is 8.65. The molecule has 1 aromatic carbocycles. The van der Waals surface area contributed by atoms with Crippen LogP contribution in [0.5, 0.6) is 11.5 Å². The number of carbonyl (C=O) groups is 2. The number of likely N-dealkylation sites (N-methyl/N-ethyl adjacent to an activating group) is 1. The maximum absolute atomic E-state index is 11.8. The lowest BCUT2D eigenvalue weighted by atomic mass is 10.1. The second-order valence-electron chi connectivity index (χ2n) is 5.23. The van der Waals surface area contributed by atoms with Crippen molar-refractivity contribution in [2.24, 2.45) is 0 Å². The van der Waals surface area contributed by atoms with Crippen LogP contribution in [0.15, 0.2) is 22.2 Å². The highest BCUT2D eigenvalue weighted by Gasteiger charge is 2.16. The average Bonchev–Trinajstić information content (AvgIpc) is 2.58. The third-order valence-electron chi connectivity index (χ3n) is 3.10. The Balaban J connectivity index is 3.20. The molecule has 0 spiro atoms. The molecule has 1 amide bonds. The Morgan fingerprint density at radius 2 is 1.92 bits per heavy atom. The van der Waals surface area contributed by atoms with E-state index in [2.05, 4.69) is 15.9 Å². The first kappa shape index (κ1) is 21.5. The molecule has 1 rings (SSSR count). The number of halogens is 1. The summed E-state index contributed by atoms with van der Waals surface area (Å²) in [6.07, 6.45) is 1.40. The molecule has 0 aliphatic heterocycles. The van der Waals surface area contributed by atoms with E-state index in [1.807, 2.05) is 13.0 Å². The summed E-state index contributed by atoms with van der Waals surface area (Å²) >= 11 is 3.38. The van der Waals surface area contributed by atoms with Crippen molar-refractivity contribution in [3.05, 3.63) is 27.7 Å². The highest BCUT2D eigenvalue weighted by atomic mass is 79.9. The van der Waals surface area contributed by atoms with Crippen LogP contribution in [0.3, 0.4) is 0 Å². The molecule has 0 bridgehead atoms.